The van der Waals surface area contributed by atoms with E-state index in [9.17, 15) is 0 Å². The van der Waals surface area contributed by atoms with E-state index < -0.39 is 0 Å². The van der Waals surface area contributed by atoms with Crippen LogP contribution in [0.1, 0.15) is 30.9 Å². The van der Waals surface area contributed by atoms with Gasteiger partial charge in [-0.1, -0.05) is 6.07 Å². The molecule has 1 aromatic rings. The lowest BCUT2D eigenvalue weighted by molar-refractivity contribution is 0.0413. The van der Waals surface area contributed by atoms with Crippen molar-refractivity contribution in [1.82, 2.24) is 4.98 Å². The lowest BCUT2D eigenvalue weighted by Gasteiger charge is -2.12. The van der Waals surface area contributed by atoms with Crippen LogP contribution in [0, 0.1) is 0 Å². The van der Waals surface area contributed by atoms with Gasteiger partial charge in [0, 0.05) is 12.4 Å². The molecule has 0 aromatic carbocycles. The molecule has 1 aromatic heterocycles. The van der Waals surface area contributed by atoms with E-state index in [1.807, 2.05) is 12.3 Å². The Bertz CT molecular complexity index is 276. The fraction of sp³-hybridized carbons (Fsp3) is 0.545. The number of ether oxygens (including phenoxy) is 1. The van der Waals surface area contributed by atoms with E-state index in [0.29, 0.717) is 12.6 Å². The van der Waals surface area contributed by atoms with Crippen molar-refractivity contribution < 1.29 is 4.74 Å². The summed E-state index contributed by atoms with van der Waals surface area (Å²) in [6, 6.07) is 4.03. The van der Waals surface area contributed by atoms with Crippen molar-refractivity contribution in [3.05, 3.63) is 30.1 Å². The third kappa shape index (κ3) is 2.11. The van der Waals surface area contributed by atoms with Crippen molar-refractivity contribution in [1.29, 1.82) is 0 Å². The van der Waals surface area contributed by atoms with E-state index in [4.69, 9.17) is 10.5 Å². The van der Waals surface area contributed by atoms with E-state index >= 15 is 0 Å². The Hall–Kier alpha value is -0.930. The number of pyridine rings is 1. The molecule has 2 unspecified atom stereocenters. The van der Waals surface area contributed by atoms with Gasteiger partial charge >= 0.3 is 0 Å². The molecule has 3 heteroatoms. The van der Waals surface area contributed by atoms with E-state index in [-0.39, 0.29) is 6.10 Å². The number of rotatable bonds is 3. The lowest BCUT2D eigenvalue weighted by atomic mass is 10.1. The molecule has 1 aliphatic heterocycles. The fourth-order valence-electron chi connectivity index (χ4n) is 1.92. The van der Waals surface area contributed by atoms with Crippen molar-refractivity contribution in [3.8, 4) is 0 Å². The van der Waals surface area contributed by atoms with Crippen molar-refractivity contribution in [2.75, 3.05) is 6.54 Å². The zero-order valence-electron chi connectivity index (χ0n) is 8.23. The summed E-state index contributed by atoms with van der Waals surface area (Å²) in [7, 11) is 0. The molecule has 2 heterocycles. The minimum Gasteiger partial charge on any atom is -0.370 e. The lowest BCUT2D eigenvalue weighted by Crippen LogP contribution is -2.12. The SMILES string of the molecule is NCCC1CCC(c2cccnc2)O1. The average Bonchev–Trinajstić information content (AvgIpc) is 2.68. The van der Waals surface area contributed by atoms with Crippen LogP contribution in [-0.4, -0.2) is 17.6 Å². The average molecular weight is 192 g/mol. The maximum absolute atomic E-state index is 5.87. The largest absolute Gasteiger partial charge is 0.370 e. The molecule has 0 radical (unpaired) electrons. The van der Waals surface area contributed by atoms with Crippen LogP contribution in [0.25, 0.3) is 0 Å². The van der Waals surface area contributed by atoms with Crippen molar-refractivity contribution in [2.24, 2.45) is 5.73 Å². The molecule has 1 aliphatic rings. The van der Waals surface area contributed by atoms with E-state index in [2.05, 4.69) is 11.1 Å². The predicted molar refractivity (Wildman–Crippen MR) is 54.8 cm³/mol. The van der Waals surface area contributed by atoms with Crippen LogP contribution in [-0.2, 0) is 4.74 Å². The molecule has 1 saturated heterocycles. The molecule has 0 aliphatic carbocycles. The Balaban J connectivity index is 1.96. The second kappa shape index (κ2) is 4.53. The molecular weight excluding hydrogens is 176 g/mol. The van der Waals surface area contributed by atoms with E-state index in [1.165, 1.54) is 5.56 Å². The van der Waals surface area contributed by atoms with Crippen LogP contribution < -0.4 is 5.73 Å². The minimum atomic E-state index is 0.236. The zero-order chi connectivity index (χ0) is 9.80. The van der Waals surface area contributed by atoms with Gasteiger partial charge in [-0.25, -0.2) is 0 Å². The first-order valence-electron chi connectivity index (χ1n) is 5.15. The molecule has 14 heavy (non-hydrogen) atoms. The molecule has 76 valence electrons. The topological polar surface area (TPSA) is 48.1 Å². The summed E-state index contributed by atoms with van der Waals surface area (Å²) < 4.78 is 5.87. The smallest absolute Gasteiger partial charge is 0.0844 e. The van der Waals surface area contributed by atoms with Gasteiger partial charge in [0.25, 0.3) is 0 Å². The number of hydrogen-bond acceptors (Lipinski definition) is 3. The number of nitrogens with two attached hydrogens (primary N) is 1. The Labute approximate surface area is 84.3 Å². The predicted octanol–water partition coefficient (Wildman–Crippen LogP) is 1.65. The van der Waals surface area contributed by atoms with Crippen LogP contribution in [0.2, 0.25) is 0 Å². The summed E-state index contributed by atoms with van der Waals surface area (Å²) in [5.41, 5.74) is 6.69. The van der Waals surface area contributed by atoms with Crippen LogP contribution in [0.5, 0.6) is 0 Å². The number of aromatic nitrogens is 1. The molecular formula is C11H16N2O. The quantitative estimate of drug-likeness (QED) is 0.792. The maximum atomic E-state index is 5.87. The third-order valence-electron chi connectivity index (χ3n) is 2.65. The molecule has 0 amide bonds. The second-order valence-electron chi connectivity index (χ2n) is 3.69. The maximum Gasteiger partial charge on any atom is 0.0844 e. The highest BCUT2D eigenvalue weighted by molar-refractivity contribution is 5.13. The first-order valence-corrected chi connectivity index (χ1v) is 5.15. The minimum absolute atomic E-state index is 0.236. The summed E-state index contributed by atoms with van der Waals surface area (Å²) >= 11 is 0. The van der Waals surface area contributed by atoms with Crippen LogP contribution in [0.15, 0.2) is 24.5 Å². The number of hydrogen-bond donors (Lipinski definition) is 1. The number of nitrogens with zero attached hydrogens (tertiary/aromatic N) is 1. The molecule has 2 atom stereocenters. The Kier molecular flexibility index (Phi) is 3.11. The monoisotopic (exact) mass is 192 g/mol. The summed E-state index contributed by atoms with van der Waals surface area (Å²) in [4.78, 5) is 4.10. The molecule has 1 fully saturated rings. The van der Waals surface area contributed by atoms with Crippen molar-refractivity contribution in [2.45, 2.75) is 31.5 Å². The van der Waals surface area contributed by atoms with Crippen molar-refractivity contribution >= 4 is 0 Å². The van der Waals surface area contributed by atoms with Gasteiger partial charge in [-0.2, -0.15) is 0 Å². The molecule has 2 N–H and O–H groups in total. The van der Waals surface area contributed by atoms with Gasteiger partial charge in [0.2, 0.25) is 0 Å². The Morgan fingerprint density at radius 1 is 1.50 bits per heavy atom. The van der Waals surface area contributed by atoms with Gasteiger partial charge in [0.15, 0.2) is 0 Å². The summed E-state index contributed by atoms with van der Waals surface area (Å²) in [6.45, 7) is 0.713. The van der Waals surface area contributed by atoms with E-state index in [0.717, 1.165) is 19.3 Å². The summed E-state index contributed by atoms with van der Waals surface area (Å²) in [5, 5.41) is 0. The summed E-state index contributed by atoms with van der Waals surface area (Å²) in [6.07, 6.45) is 7.44. The molecule has 0 saturated carbocycles. The first-order chi connectivity index (χ1) is 6.90. The first kappa shape index (κ1) is 9.62. The molecule has 0 spiro atoms. The van der Waals surface area contributed by atoms with Gasteiger partial charge in [0.1, 0.15) is 0 Å². The Morgan fingerprint density at radius 2 is 2.43 bits per heavy atom. The highest BCUT2D eigenvalue weighted by atomic mass is 16.5. The fourth-order valence-corrected chi connectivity index (χ4v) is 1.92. The third-order valence-corrected chi connectivity index (χ3v) is 2.65. The highest BCUT2D eigenvalue weighted by Crippen LogP contribution is 2.33. The second-order valence-corrected chi connectivity index (χ2v) is 3.69. The summed E-state index contributed by atoms with van der Waals surface area (Å²) in [5.74, 6) is 0. The van der Waals surface area contributed by atoms with Crippen LogP contribution >= 0.6 is 0 Å². The van der Waals surface area contributed by atoms with Crippen molar-refractivity contribution in [3.63, 3.8) is 0 Å². The van der Waals surface area contributed by atoms with Gasteiger partial charge in [-0.05, 0) is 37.4 Å². The molecule has 0 bridgehead atoms. The standard InChI is InChI=1S/C11H16N2O/c12-6-5-10-3-4-11(14-10)9-2-1-7-13-8-9/h1-2,7-8,10-11H,3-6,12H2. The molecule has 3 nitrogen and oxygen atoms in total. The van der Waals surface area contributed by atoms with Gasteiger partial charge in [-0.3, -0.25) is 4.98 Å². The molecule has 2 rings (SSSR count). The highest BCUT2D eigenvalue weighted by Gasteiger charge is 2.25. The van der Waals surface area contributed by atoms with Crippen LogP contribution in [0.3, 0.4) is 0 Å². The Morgan fingerprint density at radius 3 is 3.14 bits per heavy atom. The van der Waals surface area contributed by atoms with Gasteiger partial charge in [-0.15, -0.1) is 0 Å². The van der Waals surface area contributed by atoms with Gasteiger partial charge < -0.3 is 10.5 Å². The van der Waals surface area contributed by atoms with Crippen LogP contribution in [0.4, 0.5) is 0 Å². The normalized spacial score (nSPS) is 26.6. The zero-order valence-corrected chi connectivity index (χ0v) is 8.23. The van der Waals surface area contributed by atoms with Gasteiger partial charge in [0.05, 0.1) is 12.2 Å². The van der Waals surface area contributed by atoms with E-state index in [1.54, 1.807) is 6.20 Å².